The van der Waals surface area contributed by atoms with Gasteiger partial charge in [0.05, 0.1) is 0 Å². The van der Waals surface area contributed by atoms with Crippen molar-refractivity contribution >= 4 is 12.2 Å². The third kappa shape index (κ3) is 5.07. The summed E-state index contributed by atoms with van der Waals surface area (Å²) in [7, 11) is 0. The molecule has 0 radical (unpaired) electrons. The van der Waals surface area contributed by atoms with Gasteiger partial charge in [-0.15, -0.1) is 0 Å². The van der Waals surface area contributed by atoms with E-state index in [1.54, 1.807) is 0 Å². The molecule has 1 amide bonds. The summed E-state index contributed by atoms with van der Waals surface area (Å²) >= 11 is 0. The molecule has 0 spiro atoms. The summed E-state index contributed by atoms with van der Waals surface area (Å²) in [5.41, 5.74) is 2.47. The first-order valence-electron chi connectivity index (χ1n) is 9.91. The van der Waals surface area contributed by atoms with Crippen LogP contribution in [0.3, 0.4) is 0 Å². The number of aldehydes is 1. The smallest absolute Gasteiger partial charge is 0.251 e. The lowest BCUT2D eigenvalue weighted by molar-refractivity contribution is -0.113. The molecule has 144 valence electrons. The fourth-order valence-electron chi connectivity index (χ4n) is 3.64. The maximum Gasteiger partial charge on any atom is 0.251 e. The minimum absolute atomic E-state index is 0.0981. The molecule has 1 aliphatic rings. The maximum atomic E-state index is 12.6. The Kier molecular flexibility index (Phi) is 6.59. The van der Waals surface area contributed by atoms with Gasteiger partial charge in [0.1, 0.15) is 6.29 Å². The van der Waals surface area contributed by atoms with Crippen molar-refractivity contribution in [1.82, 2.24) is 5.32 Å². The molecular weight excluding hydrogens is 346 g/mol. The fraction of sp³-hybridized carbons (Fsp3) is 0.280. The Morgan fingerprint density at radius 2 is 1.71 bits per heavy atom. The minimum Gasteiger partial charge on any atom is -0.346 e. The van der Waals surface area contributed by atoms with Gasteiger partial charge < -0.3 is 10.1 Å². The second-order valence-corrected chi connectivity index (χ2v) is 7.51. The van der Waals surface area contributed by atoms with Crippen molar-refractivity contribution in [2.45, 2.75) is 38.6 Å². The van der Waals surface area contributed by atoms with E-state index < -0.39 is 0 Å². The molecule has 3 rings (SSSR count). The number of carbonyl (C=O) groups excluding carboxylic acids is 2. The predicted octanol–water partition coefficient (Wildman–Crippen LogP) is 5.34. The van der Waals surface area contributed by atoms with Gasteiger partial charge in [0, 0.05) is 17.0 Å². The number of carbonyl (C=O) groups is 2. The van der Waals surface area contributed by atoms with Gasteiger partial charge in [-0.2, -0.15) is 0 Å². The Morgan fingerprint density at radius 3 is 2.43 bits per heavy atom. The van der Waals surface area contributed by atoms with Crippen LogP contribution in [0, 0.1) is 5.41 Å². The molecule has 2 aromatic rings. The lowest BCUT2D eigenvalue weighted by Crippen LogP contribution is -2.31. The SMILES string of the molecule is CC(C=CC=CC1(C=O)CCCC1)NC(=O)c1cccc(-c2ccccc2)c1. The highest BCUT2D eigenvalue weighted by Crippen LogP contribution is 2.37. The zero-order chi connectivity index (χ0) is 19.8. The van der Waals surface area contributed by atoms with Crippen LogP contribution in [-0.2, 0) is 4.79 Å². The molecule has 1 atom stereocenters. The van der Waals surface area contributed by atoms with Gasteiger partial charge in [0.15, 0.2) is 0 Å². The molecule has 1 aliphatic carbocycles. The summed E-state index contributed by atoms with van der Waals surface area (Å²) in [4.78, 5) is 23.9. The van der Waals surface area contributed by atoms with Crippen molar-refractivity contribution in [3.05, 3.63) is 84.5 Å². The lowest BCUT2D eigenvalue weighted by Gasteiger charge is -2.15. The summed E-state index contributed by atoms with van der Waals surface area (Å²) in [5.74, 6) is -0.0981. The topological polar surface area (TPSA) is 46.2 Å². The minimum atomic E-state index is -0.283. The normalized spacial score (nSPS) is 17.0. The summed E-state index contributed by atoms with van der Waals surface area (Å²) in [5, 5.41) is 3.00. The van der Waals surface area contributed by atoms with Gasteiger partial charge in [0.2, 0.25) is 0 Å². The number of benzene rings is 2. The molecule has 1 N–H and O–H groups in total. The van der Waals surface area contributed by atoms with E-state index in [-0.39, 0.29) is 17.4 Å². The van der Waals surface area contributed by atoms with Gasteiger partial charge >= 0.3 is 0 Å². The van der Waals surface area contributed by atoms with E-state index in [4.69, 9.17) is 0 Å². The third-order valence-corrected chi connectivity index (χ3v) is 5.30. The number of nitrogens with one attached hydrogen (secondary N) is 1. The molecule has 2 aromatic carbocycles. The van der Waals surface area contributed by atoms with E-state index in [1.165, 1.54) is 0 Å². The van der Waals surface area contributed by atoms with E-state index in [1.807, 2.05) is 85.8 Å². The number of allylic oxidation sites excluding steroid dienone is 3. The Hall–Kier alpha value is -2.94. The van der Waals surface area contributed by atoms with Crippen LogP contribution >= 0.6 is 0 Å². The molecular formula is C25H27NO2. The molecule has 0 heterocycles. The van der Waals surface area contributed by atoms with Crippen molar-refractivity contribution in [2.75, 3.05) is 0 Å². The maximum absolute atomic E-state index is 12.6. The Balaban J connectivity index is 1.59. The molecule has 28 heavy (non-hydrogen) atoms. The first-order chi connectivity index (χ1) is 13.6. The summed E-state index contributed by atoms with van der Waals surface area (Å²) in [6, 6.07) is 17.6. The average Bonchev–Trinajstić information content (AvgIpc) is 3.21. The van der Waals surface area contributed by atoms with Gasteiger partial charge in [-0.1, -0.05) is 79.6 Å². The predicted molar refractivity (Wildman–Crippen MR) is 114 cm³/mol. The summed E-state index contributed by atoms with van der Waals surface area (Å²) in [6.07, 6.45) is 12.9. The number of hydrogen-bond donors (Lipinski definition) is 1. The van der Waals surface area contributed by atoms with Crippen LogP contribution in [0.2, 0.25) is 0 Å². The summed E-state index contributed by atoms with van der Waals surface area (Å²) in [6.45, 7) is 1.94. The second kappa shape index (κ2) is 9.32. The number of hydrogen-bond acceptors (Lipinski definition) is 2. The third-order valence-electron chi connectivity index (χ3n) is 5.30. The molecule has 0 saturated heterocycles. The molecule has 1 saturated carbocycles. The molecule has 3 heteroatoms. The van der Waals surface area contributed by atoms with E-state index >= 15 is 0 Å². The van der Waals surface area contributed by atoms with Gasteiger partial charge in [-0.3, -0.25) is 4.79 Å². The van der Waals surface area contributed by atoms with Crippen LogP contribution in [0.25, 0.3) is 11.1 Å². The molecule has 0 aliphatic heterocycles. The fourth-order valence-corrected chi connectivity index (χ4v) is 3.64. The summed E-state index contributed by atoms with van der Waals surface area (Å²) < 4.78 is 0. The van der Waals surface area contributed by atoms with Crippen molar-refractivity contribution in [3.63, 3.8) is 0 Å². The van der Waals surface area contributed by atoms with Gasteiger partial charge in [-0.25, -0.2) is 0 Å². The van der Waals surface area contributed by atoms with E-state index in [2.05, 4.69) is 5.32 Å². The van der Waals surface area contributed by atoms with Gasteiger partial charge in [-0.05, 0) is 43.0 Å². The van der Waals surface area contributed by atoms with Crippen LogP contribution in [0.15, 0.2) is 78.9 Å². The highest BCUT2D eigenvalue weighted by Gasteiger charge is 2.30. The average molecular weight is 373 g/mol. The van der Waals surface area contributed by atoms with Crippen LogP contribution < -0.4 is 5.32 Å². The first-order valence-corrected chi connectivity index (χ1v) is 9.91. The Morgan fingerprint density at radius 1 is 1.00 bits per heavy atom. The van der Waals surface area contributed by atoms with E-state index in [9.17, 15) is 9.59 Å². The van der Waals surface area contributed by atoms with Crippen molar-refractivity contribution < 1.29 is 9.59 Å². The molecule has 1 unspecified atom stereocenters. The quantitative estimate of drug-likeness (QED) is 0.526. The zero-order valence-corrected chi connectivity index (χ0v) is 16.3. The number of rotatable bonds is 7. The standard InChI is InChI=1S/C25H27NO2/c1-20(10-5-6-15-25(19-27)16-7-8-17-25)26-24(28)23-14-9-13-22(18-23)21-11-3-2-4-12-21/h2-6,9-15,18-20H,7-8,16-17H2,1H3,(H,26,28). The monoisotopic (exact) mass is 373 g/mol. The van der Waals surface area contributed by atoms with Crippen molar-refractivity contribution in [2.24, 2.45) is 5.41 Å². The molecule has 1 fully saturated rings. The van der Waals surface area contributed by atoms with Crippen LogP contribution in [0.1, 0.15) is 43.0 Å². The first kappa shape index (κ1) is 19.8. The molecule has 0 aromatic heterocycles. The van der Waals surface area contributed by atoms with Gasteiger partial charge in [0.25, 0.3) is 5.91 Å². The van der Waals surface area contributed by atoms with E-state index in [0.717, 1.165) is 43.1 Å². The largest absolute Gasteiger partial charge is 0.346 e. The lowest BCUT2D eigenvalue weighted by atomic mass is 9.88. The molecule has 0 bridgehead atoms. The van der Waals surface area contributed by atoms with E-state index in [0.29, 0.717) is 5.56 Å². The highest BCUT2D eigenvalue weighted by atomic mass is 16.1. The zero-order valence-electron chi connectivity index (χ0n) is 16.3. The van der Waals surface area contributed by atoms with Crippen LogP contribution in [0.4, 0.5) is 0 Å². The van der Waals surface area contributed by atoms with Crippen LogP contribution in [0.5, 0.6) is 0 Å². The second-order valence-electron chi connectivity index (χ2n) is 7.51. The Labute approximate surface area is 167 Å². The Bertz CT molecular complexity index is 861. The van der Waals surface area contributed by atoms with Crippen LogP contribution in [-0.4, -0.2) is 18.2 Å². The molecule has 3 nitrogen and oxygen atoms in total. The highest BCUT2D eigenvalue weighted by molar-refractivity contribution is 5.95. The van der Waals surface area contributed by atoms with Crippen molar-refractivity contribution in [3.8, 4) is 11.1 Å². The van der Waals surface area contributed by atoms with Crippen molar-refractivity contribution in [1.29, 1.82) is 0 Å². The number of amides is 1.